The van der Waals surface area contributed by atoms with Crippen LogP contribution in [-0.4, -0.2) is 17.0 Å². The lowest BCUT2D eigenvalue weighted by atomic mass is 10.1. The van der Waals surface area contributed by atoms with Crippen LogP contribution in [0.2, 0.25) is 0 Å². The van der Waals surface area contributed by atoms with Gasteiger partial charge in [-0.3, -0.25) is 4.79 Å². The first kappa shape index (κ1) is 17.7. The number of allylic oxidation sites excluding steroid dienone is 1. The molecule has 1 aliphatic rings. The van der Waals surface area contributed by atoms with E-state index in [1.54, 1.807) is 12.1 Å². The van der Waals surface area contributed by atoms with Crippen molar-refractivity contribution in [3.63, 3.8) is 0 Å². The molecular formula is C20H13NO7. The average Bonchev–Trinajstić information content (AvgIpc) is 3.30. The molecule has 0 amide bonds. The predicted molar refractivity (Wildman–Crippen MR) is 95.3 cm³/mol. The van der Waals surface area contributed by atoms with E-state index in [0.29, 0.717) is 11.3 Å². The number of carbonyl (C=O) groups is 2. The number of quaternary nitrogens is 1. The summed E-state index contributed by atoms with van der Waals surface area (Å²) < 4.78 is 16.0. The fourth-order valence-corrected chi connectivity index (χ4v) is 2.68. The maximum Gasteiger partial charge on any atom is 0.343 e. The van der Waals surface area contributed by atoms with Gasteiger partial charge in [0, 0.05) is 24.3 Å². The van der Waals surface area contributed by atoms with Gasteiger partial charge in [-0.15, -0.1) is 0 Å². The SMILES string of the molecule is O=C(Oc1ccc2c(c1)OC(=Cc1ccco1)C2=O)c1cccc([NH+]([O-])O)c1. The molecule has 3 aromatic rings. The van der Waals surface area contributed by atoms with Crippen LogP contribution >= 0.6 is 0 Å². The Morgan fingerprint density at radius 3 is 2.75 bits per heavy atom. The minimum Gasteiger partial charge on any atom is -0.595 e. The van der Waals surface area contributed by atoms with E-state index in [0.717, 1.165) is 0 Å². The van der Waals surface area contributed by atoms with Gasteiger partial charge in [-0.05, 0) is 30.3 Å². The molecule has 140 valence electrons. The molecule has 0 spiro atoms. The first-order chi connectivity index (χ1) is 13.5. The third kappa shape index (κ3) is 3.42. The number of fused-ring (bicyclic) bond motifs is 1. The van der Waals surface area contributed by atoms with Crippen molar-refractivity contribution >= 4 is 23.5 Å². The molecule has 28 heavy (non-hydrogen) atoms. The molecule has 0 saturated heterocycles. The van der Waals surface area contributed by atoms with Gasteiger partial charge in [-0.2, -0.15) is 5.23 Å². The molecule has 0 aliphatic carbocycles. The molecule has 1 aliphatic heterocycles. The van der Waals surface area contributed by atoms with Crippen molar-refractivity contribution in [1.82, 2.24) is 0 Å². The molecule has 2 aromatic carbocycles. The fourth-order valence-electron chi connectivity index (χ4n) is 2.68. The first-order valence-electron chi connectivity index (χ1n) is 8.18. The van der Waals surface area contributed by atoms with Crippen LogP contribution in [0.4, 0.5) is 5.69 Å². The summed E-state index contributed by atoms with van der Waals surface area (Å²) in [7, 11) is 0. The maximum atomic E-state index is 12.4. The molecule has 8 heteroatoms. The van der Waals surface area contributed by atoms with Crippen molar-refractivity contribution < 1.29 is 33.9 Å². The van der Waals surface area contributed by atoms with E-state index in [9.17, 15) is 14.8 Å². The van der Waals surface area contributed by atoms with Gasteiger partial charge in [0.15, 0.2) is 11.4 Å². The lowest BCUT2D eigenvalue weighted by Crippen LogP contribution is -2.99. The van der Waals surface area contributed by atoms with Crippen molar-refractivity contribution in [2.45, 2.75) is 0 Å². The highest BCUT2D eigenvalue weighted by Crippen LogP contribution is 2.35. The summed E-state index contributed by atoms with van der Waals surface area (Å²) in [6.07, 6.45) is 2.96. The van der Waals surface area contributed by atoms with Gasteiger partial charge in [0.2, 0.25) is 5.78 Å². The molecule has 2 heterocycles. The van der Waals surface area contributed by atoms with Crippen molar-refractivity contribution in [2.75, 3.05) is 0 Å². The summed E-state index contributed by atoms with van der Waals surface area (Å²) in [5, 5.41) is 18.9. The number of furan rings is 1. The van der Waals surface area contributed by atoms with Crippen LogP contribution in [0.25, 0.3) is 6.08 Å². The number of nitrogens with one attached hydrogen (secondary N) is 1. The molecule has 0 saturated carbocycles. The van der Waals surface area contributed by atoms with E-state index in [1.807, 2.05) is 0 Å². The number of rotatable bonds is 4. The summed E-state index contributed by atoms with van der Waals surface area (Å²) in [6, 6.07) is 13.3. The number of Topliss-reactive ketones (excluding diaryl/α,β-unsaturated/α-hetero) is 1. The summed E-state index contributed by atoms with van der Waals surface area (Å²) in [4.78, 5) is 24.7. The number of ether oxygens (including phenoxy) is 2. The van der Waals surface area contributed by atoms with Crippen molar-refractivity contribution in [3.05, 3.63) is 88.7 Å². The highest BCUT2D eigenvalue weighted by molar-refractivity contribution is 6.14. The van der Waals surface area contributed by atoms with Crippen molar-refractivity contribution in [2.24, 2.45) is 0 Å². The van der Waals surface area contributed by atoms with Gasteiger partial charge in [-0.1, -0.05) is 6.07 Å². The van der Waals surface area contributed by atoms with E-state index >= 15 is 0 Å². The number of esters is 1. The Balaban J connectivity index is 1.54. The zero-order valence-corrected chi connectivity index (χ0v) is 14.2. The third-order valence-electron chi connectivity index (χ3n) is 4.01. The largest absolute Gasteiger partial charge is 0.595 e. The Morgan fingerprint density at radius 2 is 2.00 bits per heavy atom. The molecular weight excluding hydrogens is 366 g/mol. The second-order valence-electron chi connectivity index (χ2n) is 5.89. The summed E-state index contributed by atoms with van der Waals surface area (Å²) >= 11 is 0. The Kier molecular flexibility index (Phi) is 4.50. The van der Waals surface area contributed by atoms with Crippen LogP contribution in [0.15, 0.2) is 71.0 Å². The highest BCUT2D eigenvalue weighted by Gasteiger charge is 2.28. The van der Waals surface area contributed by atoms with Crippen LogP contribution in [0.3, 0.4) is 0 Å². The van der Waals surface area contributed by atoms with Gasteiger partial charge in [0.05, 0.1) is 17.4 Å². The second-order valence-corrected chi connectivity index (χ2v) is 5.89. The maximum absolute atomic E-state index is 12.4. The lowest BCUT2D eigenvalue weighted by molar-refractivity contribution is -0.991. The summed E-state index contributed by atoms with van der Waals surface area (Å²) in [6.45, 7) is 0. The zero-order valence-electron chi connectivity index (χ0n) is 14.2. The zero-order chi connectivity index (χ0) is 19.7. The van der Waals surface area contributed by atoms with Gasteiger partial charge >= 0.3 is 5.97 Å². The molecule has 0 fully saturated rings. The molecule has 0 bridgehead atoms. The summed E-state index contributed by atoms with van der Waals surface area (Å²) in [5.41, 5.74) is 0.409. The topological polar surface area (TPSA) is 113 Å². The number of benzene rings is 2. The monoisotopic (exact) mass is 379 g/mol. The van der Waals surface area contributed by atoms with Crippen LogP contribution < -0.4 is 14.7 Å². The fraction of sp³-hybridized carbons (Fsp3) is 0. The first-order valence-corrected chi connectivity index (χ1v) is 8.18. The Labute approximate surface area is 158 Å². The van der Waals surface area contributed by atoms with Gasteiger partial charge in [-0.25, -0.2) is 10.0 Å². The Bertz CT molecular complexity index is 1080. The third-order valence-corrected chi connectivity index (χ3v) is 4.01. The number of hydrogen-bond donors (Lipinski definition) is 2. The van der Waals surface area contributed by atoms with Crippen LogP contribution in [-0.2, 0) is 0 Å². The summed E-state index contributed by atoms with van der Waals surface area (Å²) in [5.74, 6) is -0.0372. The minimum atomic E-state index is -1.14. The van der Waals surface area contributed by atoms with Gasteiger partial charge < -0.3 is 19.1 Å². The second kappa shape index (κ2) is 7.12. The van der Waals surface area contributed by atoms with Gasteiger partial charge in [0.1, 0.15) is 17.3 Å². The van der Waals surface area contributed by atoms with Crippen LogP contribution in [0.1, 0.15) is 26.5 Å². The molecule has 2 N–H and O–H groups in total. The van der Waals surface area contributed by atoms with E-state index in [4.69, 9.17) is 19.1 Å². The number of hydrogen-bond acceptors (Lipinski definition) is 7. The van der Waals surface area contributed by atoms with E-state index in [1.165, 1.54) is 54.8 Å². The molecule has 0 radical (unpaired) electrons. The quantitative estimate of drug-likeness (QED) is 0.310. The normalized spacial score (nSPS) is 15.2. The van der Waals surface area contributed by atoms with Crippen molar-refractivity contribution in [3.8, 4) is 11.5 Å². The van der Waals surface area contributed by atoms with Crippen LogP contribution in [0.5, 0.6) is 11.5 Å². The Morgan fingerprint density at radius 1 is 1.14 bits per heavy atom. The smallest absolute Gasteiger partial charge is 0.343 e. The standard InChI is InChI=1S/C20H13NO7/c22-19-16-7-6-15(11-17(16)28-18(19)10-14-5-2-8-26-14)27-20(23)12-3-1-4-13(9-12)21(24)25/h1-11,21,24H. The molecule has 4 rings (SSSR count). The molecule has 1 atom stereocenters. The molecule has 1 unspecified atom stereocenters. The molecule has 8 nitrogen and oxygen atoms in total. The number of ketones is 1. The lowest BCUT2D eigenvalue weighted by Gasteiger charge is -2.12. The van der Waals surface area contributed by atoms with E-state index < -0.39 is 11.2 Å². The van der Waals surface area contributed by atoms with Crippen LogP contribution in [0, 0.1) is 5.21 Å². The number of carbonyl (C=O) groups excluding carboxylic acids is 2. The predicted octanol–water partition coefficient (Wildman–Crippen LogP) is 2.52. The van der Waals surface area contributed by atoms with E-state index in [-0.39, 0.29) is 34.3 Å². The minimum absolute atomic E-state index is 0.0231. The van der Waals surface area contributed by atoms with Crippen molar-refractivity contribution in [1.29, 1.82) is 0 Å². The van der Waals surface area contributed by atoms with E-state index in [2.05, 4.69) is 0 Å². The molecule has 1 aromatic heterocycles. The Hall–Kier alpha value is -3.72. The van der Waals surface area contributed by atoms with Gasteiger partial charge in [0.25, 0.3) is 0 Å². The average molecular weight is 379 g/mol. The highest BCUT2D eigenvalue weighted by atomic mass is 16.8.